The molecule has 1 heterocycles. The van der Waals surface area contributed by atoms with Gasteiger partial charge in [-0.15, -0.1) is 0 Å². The average molecular weight is 282 g/mol. The number of aryl methyl sites for hydroxylation is 2. The quantitative estimate of drug-likeness (QED) is 0.722. The van der Waals surface area contributed by atoms with Crippen molar-refractivity contribution in [2.75, 3.05) is 0 Å². The van der Waals surface area contributed by atoms with E-state index in [0.29, 0.717) is 28.8 Å². The molecule has 0 atom stereocenters. The van der Waals surface area contributed by atoms with E-state index in [1.54, 1.807) is 12.1 Å². The van der Waals surface area contributed by atoms with Crippen LogP contribution in [0.1, 0.15) is 18.3 Å². The molecule has 0 spiro atoms. The molecular weight excluding hydrogens is 267 g/mol. The van der Waals surface area contributed by atoms with Gasteiger partial charge in [-0.3, -0.25) is 9.36 Å². The number of nitrogens with zero attached hydrogens (tertiary/aromatic N) is 2. The standard InChI is InChI=1S/C17H15FN2O/c1-3-15-19-14-9-4-6-11(2)16(14)17(21)20(15)13-8-5-7-12(18)10-13/h4-10H,3H2,1-2H3. The average Bonchev–Trinajstić information content (AvgIpc) is 2.46. The largest absolute Gasteiger partial charge is 0.268 e. The van der Waals surface area contributed by atoms with Crippen molar-refractivity contribution in [3.05, 3.63) is 70.0 Å². The first kappa shape index (κ1) is 13.5. The summed E-state index contributed by atoms with van der Waals surface area (Å²) in [7, 11) is 0. The molecule has 0 saturated heterocycles. The van der Waals surface area contributed by atoms with Crippen molar-refractivity contribution in [2.45, 2.75) is 20.3 Å². The van der Waals surface area contributed by atoms with Crippen LogP contribution in [0.15, 0.2) is 47.3 Å². The Hall–Kier alpha value is -2.49. The SMILES string of the molecule is CCc1nc2cccc(C)c2c(=O)n1-c1cccc(F)c1. The lowest BCUT2D eigenvalue weighted by molar-refractivity contribution is 0.625. The van der Waals surface area contributed by atoms with Gasteiger partial charge in [-0.05, 0) is 36.8 Å². The first-order chi connectivity index (χ1) is 10.1. The predicted molar refractivity (Wildman–Crippen MR) is 81.4 cm³/mol. The van der Waals surface area contributed by atoms with Crippen LogP contribution in [0.3, 0.4) is 0 Å². The maximum absolute atomic E-state index is 13.5. The Labute approximate surface area is 121 Å². The highest BCUT2D eigenvalue weighted by molar-refractivity contribution is 5.81. The molecule has 106 valence electrons. The molecule has 4 heteroatoms. The normalized spacial score (nSPS) is 11.0. The minimum absolute atomic E-state index is 0.152. The minimum Gasteiger partial charge on any atom is -0.268 e. The monoisotopic (exact) mass is 282 g/mol. The van der Waals surface area contributed by atoms with Crippen LogP contribution >= 0.6 is 0 Å². The molecule has 3 rings (SSSR count). The van der Waals surface area contributed by atoms with Gasteiger partial charge in [0.2, 0.25) is 0 Å². The van der Waals surface area contributed by atoms with Gasteiger partial charge < -0.3 is 0 Å². The maximum Gasteiger partial charge on any atom is 0.266 e. The van der Waals surface area contributed by atoms with E-state index in [9.17, 15) is 9.18 Å². The molecule has 0 aliphatic carbocycles. The summed E-state index contributed by atoms with van der Waals surface area (Å²) in [6.07, 6.45) is 0.593. The van der Waals surface area contributed by atoms with Gasteiger partial charge >= 0.3 is 0 Å². The van der Waals surface area contributed by atoms with Crippen molar-refractivity contribution in [3.63, 3.8) is 0 Å². The van der Waals surface area contributed by atoms with Crippen LogP contribution in [0.4, 0.5) is 4.39 Å². The van der Waals surface area contributed by atoms with Crippen molar-refractivity contribution < 1.29 is 4.39 Å². The van der Waals surface area contributed by atoms with E-state index in [-0.39, 0.29) is 11.4 Å². The van der Waals surface area contributed by atoms with Crippen LogP contribution in [-0.2, 0) is 6.42 Å². The van der Waals surface area contributed by atoms with Gasteiger partial charge in [-0.1, -0.05) is 25.1 Å². The van der Waals surface area contributed by atoms with E-state index >= 15 is 0 Å². The highest BCUT2D eigenvalue weighted by atomic mass is 19.1. The number of fused-ring (bicyclic) bond motifs is 1. The minimum atomic E-state index is -0.369. The van der Waals surface area contributed by atoms with Crippen molar-refractivity contribution in [1.82, 2.24) is 9.55 Å². The zero-order chi connectivity index (χ0) is 15.0. The van der Waals surface area contributed by atoms with Crippen LogP contribution in [0.5, 0.6) is 0 Å². The smallest absolute Gasteiger partial charge is 0.266 e. The Balaban J connectivity index is 2.44. The van der Waals surface area contributed by atoms with E-state index in [2.05, 4.69) is 4.98 Å². The van der Waals surface area contributed by atoms with Crippen LogP contribution in [-0.4, -0.2) is 9.55 Å². The lowest BCUT2D eigenvalue weighted by Crippen LogP contribution is -2.24. The number of halogens is 1. The fourth-order valence-electron chi connectivity index (χ4n) is 2.56. The summed E-state index contributed by atoms with van der Waals surface area (Å²) in [6, 6.07) is 11.6. The van der Waals surface area contributed by atoms with Gasteiger partial charge in [0.05, 0.1) is 16.6 Å². The number of benzene rings is 2. The molecule has 0 unspecified atom stereocenters. The number of rotatable bonds is 2. The summed E-state index contributed by atoms with van der Waals surface area (Å²) in [5.74, 6) is 0.259. The fourth-order valence-corrected chi connectivity index (χ4v) is 2.56. The summed E-state index contributed by atoms with van der Waals surface area (Å²) >= 11 is 0. The van der Waals surface area contributed by atoms with Gasteiger partial charge in [0, 0.05) is 6.42 Å². The Morgan fingerprint density at radius 3 is 2.67 bits per heavy atom. The lowest BCUT2D eigenvalue weighted by Gasteiger charge is -2.13. The third-order valence-corrected chi connectivity index (χ3v) is 3.56. The fraction of sp³-hybridized carbons (Fsp3) is 0.176. The highest BCUT2D eigenvalue weighted by Gasteiger charge is 2.13. The first-order valence-electron chi connectivity index (χ1n) is 6.89. The zero-order valence-corrected chi connectivity index (χ0v) is 11.9. The van der Waals surface area contributed by atoms with Crippen molar-refractivity contribution in [3.8, 4) is 5.69 Å². The molecule has 21 heavy (non-hydrogen) atoms. The van der Waals surface area contributed by atoms with Gasteiger partial charge in [-0.2, -0.15) is 0 Å². The molecule has 0 fully saturated rings. The summed E-state index contributed by atoms with van der Waals surface area (Å²) in [5, 5.41) is 0.582. The zero-order valence-electron chi connectivity index (χ0n) is 11.9. The molecule has 0 N–H and O–H groups in total. The number of hydrogen-bond donors (Lipinski definition) is 0. The van der Waals surface area contributed by atoms with E-state index in [4.69, 9.17) is 0 Å². The molecule has 2 aromatic carbocycles. The van der Waals surface area contributed by atoms with Crippen LogP contribution < -0.4 is 5.56 Å². The molecule has 3 aromatic rings. The molecule has 0 bridgehead atoms. The molecule has 0 radical (unpaired) electrons. The van der Waals surface area contributed by atoms with E-state index < -0.39 is 0 Å². The van der Waals surface area contributed by atoms with Gasteiger partial charge in [0.1, 0.15) is 11.6 Å². The third-order valence-electron chi connectivity index (χ3n) is 3.56. The van der Waals surface area contributed by atoms with Crippen molar-refractivity contribution in [2.24, 2.45) is 0 Å². The second-order valence-electron chi connectivity index (χ2n) is 4.97. The molecule has 0 amide bonds. The first-order valence-corrected chi connectivity index (χ1v) is 6.89. The van der Waals surface area contributed by atoms with Crippen LogP contribution in [0.25, 0.3) is 16.6 Å². The van der Waals surface area contributed by atoms with E-state index in [1.807, 2.05) is 32.0 Å². The maximum atomic E-state index is 13.5. The molecule has 0 saturated carbocycles. The summed E-state index contributed by atoms with van der Waals surface area (Å²) in [4.78, 5) is 17.4. The Morgan fingerprint density at radius 2 is 1.95 bits per heavy atom. The molecule has 0 aliphatic rings. The predicted octanol–water partition coefficient (Wildman–Crippen LogP) is 3.40. The second kappa shape index (κ2) is 5.13. The highest BCUT2D eigenvalue weighted by Crippen LogP contribution is 2.16. The van der Waals surface area contributed by atoms with Crippen molar-refractivity contribution in [1.29, 1.82) is 0 Å². The summed E-state index contributed by atoms with van der Waals surface area (Å²) in [6.45, 7) is 3.81. The van der Waals surface area contributed by atoms with E-state index in [1.165, 1.54) is 16.7 Å². The molecule has 1 aromatic heterocycles. The van der Waals surface area contributed by atoms with Gasteiger partial charge in [-0.25, -0.2) is 9.37 Å². The van der Waals surface area contributed by atoms with Gasteiger partial charge in [0.15, 0.2) is 0 Å². The number of aromatic nitrogens is 2. The second-order valence-corrected chi connectivity index (χ2v) is 4.97. The molecular formula is C17H15FN2O. The van der Waals surface area contributed by atoms with Crippen LogP contribution in [0, 0.1) is 12.7 Å². The number of hydrogen-bond acceptors (Lipinski definition) is 2. The third kappa shape index (κ3) is 2.23. The molecule has 0 aliphatic heterocycles. The lowest BCUT2D eigenvalue weighted by atomic mass is 10.1. The Morgan fingerprint density at radius 1 is 1.19 bits per heavy atom. The van der Waals surface area contributed by atoms with Crippen molar-refractivity contribution >= 4 is 10.9 Å². The Kier molecular flexibility index (Phi) is 3.29. The Bertz CT molecular complexity index is 884. The topological polar surface area (TPSA) is 34.9 Å². The summed E-state index contributed by atoms with van der Waals surface area (Å²) < 4.78 is 15.0. The van der Waals surface area contributed by atoms with Crippen LogP contribution in [0.2, 0.25) is 0 Å². The molecule has 3 nitrogen and oxygen atoms in total. The van der Waals surface area contributed by atoms with E-state index in [0.717, 1.165) is 5.56 Å². The van der Waals surface area contributed by atoms with Gasteiger partial charge in [0.25, 0.3) is 5.56 Å². The summed E-state index contributed by atoms with van der Waals surface area (Å²) in [5.41, 5.74) is 1.91.